The lowest BCUT2D eigenvalue weighted by atomic mass is 10.2. The largest absolute Gasteiger partial charge is 0.370 e. The highest BCUT2D eigenvalue weighted by Gasteiger charge is 2.14. The Morgan fingerprint density at radius 2 is 1.88 bits per heavy atom. The zero-order valence-corrected chi connectivity index (χ0v) is 10.8. The van der Waals surface area contributed by atoms with Gasteiger partial charge in [-0.05, 0) is 51.7 Å². The first-order valence-corrected chi connectivity index (χ1v) is 7.13. The van der Waals surface area contributed by atoms with Gasteiger partial charge in [0.15, 0.2) is 5.96 Å². The molecule has 0 spiro atoms. The van der Waals surface area contributed by atoms with Crippen molar-refractivity contribution in [3.63, 3.8) is 0 Å². The summed E-state index contributed by atoms with van der Waals surface area (Å²) in [6.45, 7) is 4.60. The van der Waals surface area contributed by atoms with Crippen LogP contribution in [0.4, 0.5) is 0 Å². The van der Waals surface area contributed by atoms with E-state index in [1.54, 1.807) is 0 Å². The average molecular weight is 238 g/mol. The Morgan fingerprint density at radius 3 is 2.59 bits per heavy atom. The quantitative estimate of drug-likeness (QED) is 0.431. The van der Waals surface area contributed by atoms with Crippen LogP contribution in [-0.2, 0) is 0 Å². The van der Waals surface area contributed by atoms with Gasteiger partial charge in [-0.3, -0.25) is 4.99 Å². The minimum absolute atomic E-state index is 0.581. The van der Waals surface area contributed by atoms with Gasteiger partial charge in [0.25, 0.3) is 0 Å². The van der Waals surface area contributed by atoms with Gasteiger partial charge in [0.05, 0.1) is 0 Å². The van der Waals surface area contributed by atoms with Crippen LogP contribution < -0.4 is 11.1 Å². The Bertz CT molecular complexity index is 240. The van der Waals surface area contributed by atoms with Crippen LogP contribution in [-0.4, -0.2) is 43.1 Å². The van der Waals surface area contributed by atoms with Crippen LogP contribution in [0.1, 0.15) is 44.9 Å². The van der Waals surface area contributed by atoms with E-state index in [1.165, 1.54) is 58.2 Å². The summed E-state index contributed by atoms with van der Waals surface area (Å²) in [5.41, 5.74) is 5.87. The minimum atomic E-state index is 0.581. The molecule has 1 aliphatic carbocycles. The van der Waals surface area contributed by atoms with Gasteiger partial charge in [0, 0.05) is 12.6 Å². The monoisotopic (exact) mass is 238 g/mol. The maximum absolute atomic E-state index is 5.87. The fraction of sp³-hybridized carbons (Fsp3) is 0.923. The molecule has 0 bridgehead atoms. The molecule has 2 fully saturated rings. The number of nitrogens with zero attached hydrogens (tertiary/aromatic N) is 2. The van der Waals surface area contributed by atoms with E-state index < -0.39 is 0 Å². The maximum atomic E-state index is 5.87. The second-order valence-electron chi connectivity index (χ2n) is 5.29. The van der Waals surface area contributed by atoms with Crippen LogP contribution in [0, 0.1) is 0 Å². The average Bonchev–Trinajstić information content (AvgIpc) is 2.96. The van der Waals surface area contributed by atoms with Crippen LogP contribution in [0.5, 0.6) is 0 Å². The smallest absolute Gasteiger partial charge is 0.188 e. The van der Waals surface area contributed by atoms with E-state index in [1.807, 2.05) is 0 Å². The van der Waals surface area contributed by atoms with E-state index in [9.17, 15) is 0 Å². The molecule has 17 heavy (non-hydrogen) atoms. The number of hydrogen-bond donors (Lipinski definition) is 2. The van der Waals surface area contributed by atoms with E-state index in [4.69, 9.17) is 5.73 Å². The van der Waals surface area contributed by atoms with Gasteiger partial charge in [-0.2, -0.15) is 0 Å². The van der Waals surface area contributed by atoms with Crippen molar-refractivity contribution < 1.29 is 0 Å². The van der Waals surface area contributed by atoms with E-state index >= 15 is 0 Å². The molecule has 2 aliphatic rings. The van der Waals surface area contributed by atoms with Crippen molar-refractivity contribution in [2.75, 3.05) is 26.2 Å². The first-order valence-electron chi connectivity index (χ1n) is 7.13. The van der Waals surface area contributed by atoms with Crippen molar-refractivity contribution in [2.45, 2.75) is 51.0 Å². The third-order valence-corrected chi connectivity index (χ3v) is 3.82. The number of nitrogens with one attached hydrogen (secondary N) is 1. The van der Waals surface area contributed by atoms with Gasteiger partial charge in [0.2, 0.25) is 0 Å². The molecule has 2 rings (SSSR count). The fourth-order valence-electron chi connectivity index (χ4n) is 2.82. The second kappa shape index (κ2) is 6.84. The van der Waals surface area contributed by atoms with Gasteiger partial charge < -0.3 is 16.0 Å². The van der Waals surface area contributed by atoms with Gasteiger partial charge in [-0.15, -0.1) is 0 Å². The van der Waals surface area contributed by atoms with Crippen LogP contribution >= 0.6 is 0 Å². The highest BCUT2D eigenvalue weighted by molar-refractivity contribution is 5.78. The van der Waals surface area contributed by atoms with E-state index in [-0.39, 0.29) is 0 Å². The lowest BCUT2D eigenvalue weighted by Gasteiger charge is -2.14. The van der Waals surface area contributed by atoms with Gasteiger partial charge in [0.1, 0.15) is 0 Å². The van der Waals surface area contributed by atoms with E-state index in [2.05, 4.69) is 15.2 Å². The number of hydrogen-bond acceptors (Lipinski definition) is 2. The van der Waals surface area contributed by atoms with E-state index in [0.29, 0.717) is 12.0 Å². The fourth-order valence-corrected chi connectivity index (χ4v) is 2.82. The molecule has 4 nitrogen and oxygen atoms in total. The van der Waals surface area contributed by atoms with Crippen LogP contribution in [0.15, 0.2) is 4.99 Å². The summed E-state index contributed by atoms with van der Waals surface area (Å²) in [5, 5.41) is 3.32. The summed E-state index contributed by atoms with van der Waals surface area (Å²) in [6, 6.07) is 0.581. The molecule has 0 aromatic heterocycles. The highest BCUT2D eigenvalue weighted by Crippen LogP contribution is 2.17. The molecule has 0 amide bonds. The molecular weight excluding hydrogens is 212 g/mol. The molecule has 3 N–H and O–H groups in total. The molecule has 1 aliphatic heterocycles. The molecule has 1 saturated heterocycles. The first kappa shape index (κ1) is 12.7. The van der Waals surface area contributed by atoms with Crippen molar-refractivity contribution in [3.8, 4) is 0 Å². The van der Waals surface area contributed by atoms with E-state index in [0.717, 1.165) is 13.0 Å². The van der Waals surface area contributed by atoms with Crippen molar-refractivity contribution >= 4 is 5.96 Å². The highest BCUT2D eigenvalue weighted by atomic mass is 15.1. The van der Waals surface area contributed by atoms with Crippen LogP contribution in [0.2, 0.25) is 0 Å². The Hall–Kier alpha value is -0.770. The third-order valence-electron chi connectivity index (χ3n) is 3.82. The zero-order valence-electron chi connectivity index (χ0n) is 10.8. The van der Waals surface area contributed by atoms with Crippen molar-refractivity contribution in [1.82, 2.24) is 10.2 Å². The number of likely N-dealkylation sites (tertiary alicyclic amines) is 1. The molecule has 1 heterocycles. The standard InChI is InChI=1S/C13H26N4/c14-13(16-12-6-1-2-7-12)15-8-5-11-17-9-3-4-10-17/h12H,1-11H2,(H3,14,15,16). The predicted molar refractivity (Wildman–Crippen MR) is 72.2 cm³/mol. The third kappa shape index (κ3) is 4.54. The molecule has 1 saturated carbocycles. The Balaban J connectivity index is 1.55. The summed E-state index contributed by atoms with van der Waals surface area (Å²) in [7, 11) is 0. The van der Waals surface area contributed by atoms with Gasteiger partial charge >= 0.3 is 0 Å². The SMILES string of the molecule is NC(=NCCCN1CCCC1)NC1CCCC1. The lowest BCUT2D eigenvalue weighted by molar-refractivity contribution is 0.336. The number of aliphatic imine (C=N–C) groups is 1. The Morgan fingerprint density at radius 1 is 1.18 bits per heavy atom. The van der Waals surface area contributed by atoms with Gasteiger partial charge in [-0.1, -0.05) is 12.8 Å². The molecule has 0 aromatic rings. The van der Waals surface area contributed by atoms with Crippen molar-refractivity contribution in [3.05, 3.63) is 0 Å². The molecule has 4 heteroatoms. The number of guanidine groups is 1. The van der Waals surface area contributed by atoms with Crippen LogP contribution in [0.3, 0.4) is 0 Å². The van der Waals surface area contributed by atoms with Gasteiger partial charge in [-0.25, -0.2) is 0 Å². The normalized spacial score (nSPS) is 23.4. The van der Waals surface area contributed by atoms with Crippen molar-refractivity contribution in [1.29, 1.82) is 0 Å². The number of rotatable bonds is 5. The maximum Gasteiger partial charge on any atom is 0.188 e. The number of nitrogens with two attached hydrogens (primary N) is 1. The Kier molecular flexibility index (Phi) is 5.10. The zero-order chi connectivity index (χ0) is 11.9. The second-order valence-corrected chi connectivity index (χ2v) is 5.29. The summed E-state index contributed by atoms with van der Waals surface area (Å²) in [5.74, 6) is 0.651. The first-order chi connectivity index (χ1) is 8.34. The topological polar surface area (TPSA) is 53.6 Å². The van der Waals surface area contributed by atoms with Crippen molar-refractivity contribution in [2.24, 2.45) is 10.7 Å². The summed E-state index contributed by atoms with van der Waals surface area (Å²) >= 11 is 0. The minimum Gasteiger partial charge on any atom is -0.370 e. The summed E-state index contributed by atoms with van der Waals surface area (Å²) < 4.78 is 0. The van der Waals surface area contributed by atoms with Crippen LogP contribution in [0.25, 0.3) is 0 Å². The molecule has 0 radical (unpaired) electrons. The molecule has 0 aromatic carbocycles. The summed E-state index contributed by atoms with van der Waals surface area (Å²) in [6.07, 6.45) is 9.05. The Labute approximate surface area is 105 Å². The molecular formula is C13H26N4. The molecule has 0 unspecified atom stereocenters. The summed E-state index contributed by atoms with van der Waals surface area (Å²) in [4.78, 5) is 6.93. The molecule has 98 valence electrons. The predicted octanol–water partition coefficient (Wildman–Crippen LogP) is 1.32. The molecule has 0 atom stereocenters. The lowest BCUT2D eigenvalue weighted by Crippen LogP contribution is -2.38.